The van der Waals surface area contributed by atoms with Crippen LogP contribution in [0.1, 0.15) is 22.5 Å². The third-order valence-corrected chi connectivity index (χ3v) is 5.44. The zero-order chi connectivity index (χ0) is 17.0. The first-order valence-corrected chi connectivity index (χ1v) is 9.30. The van der Waals surface area contributed by atoms with Crippen molar-refractivity contribution in [2.24, 2.45) is 0 Å². The van der Waals surface area contributed by atoms with Crippen LogP contribution in [-0.4, -0.2) is 46.8 Å². The molecule has 0 aromatic carbocycles. The van der Waals surface area contributed by atoms with Crippen molar-refractivity contribution in [2.75, 3.05) is 16.8 Å². The van der Waals surface area contributed by atoms with Gasteiger partial charge in [0.2, 0.25) is 0 Å². The minimum Gasteiger partial charge on any atom is -0.365 e. The van der Waals surface area contributed by atoms with Gasteiger partial charge in [-0.25, -0.2) is 18.4 Å². The first-order valence-electron chi connectivity index (χ1n) is 7.48. The van der Waals surface area contributed by atoms with Gasteiger partial charge in [0.1, 0.15) is 11.5 Å². The second kappa shape index (κ2) is 6.91. The van der Waals surface area contributed by atoms with Gasteiger partial charge in [-0.3, -0.25) is 9.78 Å². The lowest BCUT2D eigenvalue weighted by Crippen LogP contribution is -2.25. The van der Waals surface area contributed by atoms with Crippen LogP contribution in [0.3, 0.4) is 0 Å². The second-order valence-electron chi connectivity index (χ2n) is 5.57. The molecule has 0 bridgehead atoms. The third-order valence-electron chi connectivity index (χ3n) is 3.67. The number of rotatable bonds is 5. The van der Waals surface area contributed by atoms with Crippen molar-refractivity contribution in [1.82, 2.24) is 20.3 Å². The van der Waals surface area contributed by atoms with Gasteiger partial charge in [0, 0.05) is 25.0 Å². The molecule has 3 heterocycles. The van der Waals surface area contributed by atoms with Gasteiger partial charge in [0.15, 0.2) is 9.84 Å². The Labute approximate surface area is 139 Å². The number of hydrogen-bond donors (Lipinski definition) is 2. The van der Waals surface area contributed by atoms with Crippen LogP contribution in [-0.2, 0) is 16.4 Å². The molecule has 0 spiro atoms. The molecule has 24 heavy (non-hydrogen) atoms. The predicted molar refractivity (Wildman–Crippen MR) is 88.1 cm³/mol. The van der Waals surface area contributed by atoms with E-state index in [2.05, 4.69) is 25.6 Å². The number of anilines is 1. The molecule has 1 fully saturated rings. The van der Waals surface area contributed by atoms with Gasteiger partial charge >= 0.3 is 0 Å². The highest BCUT2D eigenvalue weighted by atomic mass is 32.2. The molecule has 2 aromatic rings. The molecule has 126 valence electrons. The quantitative estimate of drug-likeness (QED) is 0.804. The van der Waals surface area contributed by atoms with E-state index in [0.717, 1.165) is 5.56 Å². The molecule has 1 amide bonds. The minimum absolute atomic E-state index is 0.100. The van der Waals surface area contributed by atoms with Crippen molar-refractivity contribution in [3.63, 3.8) is 0 Å². The number of amides is 1. The Morgan fingerprint density at radius 2 is 2.00 bits per heavy atom. The molecule has 1 atom stereocenters. The Hall–Kier alpha value is -2.55. The number of nitrogens with one attached hydrogen (secondary N) is 2. The van der Waals surface area contributed by atoms with Gasteiger partial charge in [-0.1, -0.05) is 0 Å². The standard InChI is InChI=1S/C15H17N5O3S/c21-15(19-7-11-1-4-16-5-2-11)13-8-18-14(9-17-13)20-12-3-6-24(22,23)10-12/h1-2,4-5,8-9,12H,3,6-7,10H2,(H,18,20)(H,19,21). The highest BCUT2D eigenvalue weighted by molar-refractivity contribution is 7.91. The number of hydrogen-bond acceptors (Lipinski definition) is 7. The lowest BCUT2D eigenvalue weighted by molar-refractivity contribution is 0.0945. The molecular weight excluding hydrogens is 330 g/mol. The zero-order valence-corrected chi connectivity index (χ0v) is 13.7. The van der Waals surface area contributed by atoms with E-state index in [9.17, 15) is 13.2 Å². The third kappa shape index (κ3) is 4.25. The van der Waals surface area contributed by atoms with Gasteiger partial charge in [0.25, 0.3) is 5.91 Å². The first-order chi connectivity index (χ1) is 11.5. The van der Waals surface area contributed by atoms with Crippen LogP contribution in [0.15, 0.2) is 36.9 Å². The number of carbonyl (C=O) groups is 1. The molecule has 1 aliphatic heterocycles. The Kier molecular flexibility index (Phi) is 4.70. The summed E-state index contributed by atoms with van der Waals surface area (Å²) in [4.78, 5) is 24.1. The lowest BCUT2D eigenvalue weighted by Gasteiger charge is -2.11. The maximum absolute atomic E-state index is 12.0. The number of nitrogens with zero attached hydrogens (tertiary/aromatic N) is 3. The molecule has 0 saturated carbocycles. The maximum Gasteiger partial charge on any atom is 0.271 e. The van der Waals surface area contributed by atoms with E-state index in [4.69, 9.17) is 0 Å². The van der Waals surface area contributed by atoms with Crippen molar-refractivity contribution in [1.29, 1.82) is 0 Å². The summed E-state index contributed by atoms with van der Waals surface area (Å²) in [6.45, 7) is 0.378. The Morgan fingerprint density at radius 1 is 1.21 bits per heavy atom. The van der Waals surface area contributed by atoms with E-state index in [1.54, 1.807) is 12.4 Å². The van der Waals surface area contributed by atoms with Crippen molar-refractivity contribution in [3.8, 4) is 0 Å². The minimum atomic E-state index is -2.95. The van der Waals surface area contributed by atoms with E-state index in [1.807, 2.05) is 12.1 Å². The van der Waals surface area contributed by atoms with Gasteiger partial charge < -0.3 is 10.6 Å². The number of pyridine rings is 1. The molecule has 2 N–H and O–H groups in total. The Bertz CT molecular complexity index is 809. The van der Waals surface area contributed by atoms with Gasteiger partial charge in [-0.2, -0.15) is 0 Å². The lowest BCUT2D eigenvalue weighted by atomic mass is 10.2. The van der Waals surface area contributed by atoms with Crippen molar-refractivity contribution >= 4 is 21.6 Å². The molecule has 3 rings (SSSR count). The Morgan fingerprint density at radius 3 is 2.62 bits per heavy atom. The van der Waals surface area contributed by atoms with Gasteiger partial charge in [0.05, 0.1) is 23.9 Å². The Balaban J connectivity index is 1.55. The fourth-order valence-electron chi connectivity index (χ4n) is 2.41. The van der Waals surface area contributed by atoms with E-state index in [-0.39, 0.29) is 29.1 Å². The van der Waals surface area contributed by atoms with E-state index in [1.165, 1.54) is 12.4 Å². The summed E-state index contributed by atoms with van der Waals surface area (Å²) in [7, 11) is -2.95. The molecule has 9 heteroatoms. The van der Waals surface area contributed by atoms with Crippen molar-refractivity contribution < 1.29 is 13.2 Å². The van der Waals surface area contributed by atoms with Crippen LogP contribution >= 0.6 is 0 Å². The largest absolute Gasteiger partial charge is 0.365 e. The van der Waals surface area contributed by atoms with Crippen LogP contribution in [0.2, 0.25) is 0 Å². The summed E-state index contributed by atoms with van der Waals surface area (Å²) in [5.41, 5.74) is 1.14. The summed E-state index contributed by atoms with van der Waals surface area (Å²) in [5.74, 6) is 0.424. The molecule has 1 unspecified atom stereocenters. The monoisotopic (exact) mass is 347 g/mol. The van der Waals surface area contributed by atoms with E-state index >= 15 is 0 Å². The van der Waals surface area contributed by atoms with Crippen LogP contribution in [0.5, 0.6) is 0 Å². The molecule has 8 nitrogen and oxygen atoms in total. The average molecular weight is 347 g/mol. The van der Waals surface area contributed by atoms with Crippen molar-refractivity contribution in [2.45, 2.75) is 19.0 Å². The zero-order valence-electron chi connectivity index (χ0n) is 12.8. The molecule has 0 aliphatic carbocycles. The first kappa shape index (κ1) is 16.3. The van der Waals surface area contributed by atoms with Crippen LogP contribution in [0.25, 0.3) is 0 Å². The van der Waals surface area contributed by atoms with Crippen LogP contribution < -0.4 is 10.6 Å². The molecular formula is C15H17N5O3S. The summed E-state index contributed by atoms with van der Waals surface area (Å²) < 4.78 is 22.9. The fraction of sp³-hybridized carbons (Fsp3) is 0.333. The topological polar surface area (TPSA) is 114 Å². The molecule has 2 aromatic heterocycles. The second-order valence-corrected chi connectivity index (χ2v) is 7.80. The summed E-state index contributed by atoms with van der Waals surface area (Å²) >= 11 is 0. The normalized spacial score (nSPS) is 18.9. The average Bonchev–Trinajstić information content (AvgIpc) is 2.93. The maximum atomic E-state index is 12.0. The van der Waals surface area contributed by atoms with Crippen molar-refractivity contribution in [3.05, 3.63) is 48.2 Å². The summed E-state index contributed by atoms with van der Waals surface area (Å²) in [5, 5.41) is 5.78. The van der Waals surface area contributed by atoms with Gasteiger partial charge in [-0.15, -0.1) is 0 Å². The number of aromatic nitrogens is 3. The summed E-state index contributed by atoms with van der Waals surface area (Å²) in [6.07, 6.45) is 6.67. The fourth-order valence-corrected chi connectivity index (χ4v) is 4.08. The number of sulfone groups is 1. The molecule has 0 radical (unpaired) electrons. The highest BCUT2D eigenvalue weighted by Crippen LogP contribution is 2.15. The number of carbonyl (C=O) groups excluding carboxylic acids is 1. The van der Waals surface area contributed by atoms with Gasteiger partial charge in [-0.05, 0) is 24.1 Å². The summed E-state index contributed by atoms with van der Waals surface area (Å²) in [6, 6.07) is 3.47. The van der Waals surface area contributed by atoms with E-state index < -0.39 is 9.84 Å². The smallest absolute Gasteiger partial charge is 0.271 e. The predicted octanol–water partition coefficient (Wildman–Crippen LogP) is 0.401. The molecule has 1 saturated heterocycles. The van der Waals surface area contributed by atoms with Crippen LogP contribution in [0, 0.1) is 0 Å². The van der Waals surface area contributed by atoms with E-state index in [0.29, 0.717) is 18.8 Å². The molecule has 1 aliphatic rings. The highest BCUT2D eigenvalue weighted by Gasteiger charge is 2.27. The van der Waals surface area contributed by atoms with Crippen LogP contribution in [0.4, 0.5) is 5.82 Å². The SMILES string of the molecule is O=C(NCc1ccncc1)c1cnc(NC2CCS(=O)(=O)C2)cn1.